The van der Waals surface area contributed by atoms with E-state index in [4.69, 9.17) is 43.0 Å². The minimum atomic E-state index is -1.07. The summed E-state index contributed by atoms with van der Waals surface area (Å²) in [5, 5.41) is 25.0. The molecule has 1 aromatic carbocycles. The van der Waals surface area contributed by atoms with Gasteiger partial charge in [-0.25, -0.2) is 4.98 Å². The van der Waals surface area contributed by atoms with E-state index in [1.165, 1.54) is 4.90 Å². The number of ether oxygens (including phenoxy) is 8. The van der Waals surface area contributed by atoms with Crippen LogP contribution >= 0.6 is 11.3 Å². The lowest BCUT2D eigenvalue weighted by Gasteiger charge is -2.35. The molecule has 1 saturated heterocycles. The van der Waals surface area contributed by atoms with Crippen LogP contribution in [0.25, 0.3) is 10.4 Å². The van der Waals surface area contributed by atoms with E-state index in [1.807, 2.05) is 52.0 Å². The number of hydrogen-bond acceptors (Lipinski definition) is 15. The van der Waals surface area contributed by atoms with Crippen molar-refractivity contribution < 1.29 is 67.3 Å². The number of nitrogens with one attached hydrogen (secondary N) is 2. The van der Waals surface area contributed by atoms with E-state index >= 15 is 0 Å². The Morgan fingerprint density at radius 3 is 1.64 bits per heavy atom. The Kier molecular flexibility index (Phi) is 25.1. The predicted octanol–water partition coefficient (Wildman–Crippen LogP) is 2.23. The molecule has 4 N–H and O–H groups in total. The number of carboxylic acids is 1. The van der Waals surface area contributed by atoms with Crippen LogP contribution in [-0.2, 0) is 63.6 Å². The lowest BCUT2D eigenvalue weighted by atomic mass is 9.85. The fourth-order valence-electron chi connectivity index (χ4n) is 6.00. The first-order valence-corrected chi connectivity index (χ1v) is 21.6. The minimum absolute atomic E-state index is 0.0211. The maximum absolute atomic E-state index is 13.9. The number of amides is 3. The number of hydrogen-bond donors (Lipinski definition) is 4. The van der Waals surface area contributed by atoms with E-state index < -0.39 is 41.4 Å². The molecule has 0 saturated carbocycles. The summed E-state index contributed by atoms with van der Waals surface area (Å²) in [7, 11) is 0. The lowest BCUT2D eigenvalue weighted by Crippen LogP contribution is -2.59. The number of nitrogens with zero attached hydrogens (tertiary/aromatic N) is 2. The van der Waals surface area contributed by atoms with Gasteiger partial charge >= 0.3 is 5.97 Å². The summed E-state index contributed by atoms with van der Waals surface area (Å²) in [6, 6.07) is 5.82. The average Bonchev–Trinajstić information content (AvgIpc) is 3.84. The van der Waals surface area contributed by atoms with E-state index in [2.05, 4.69) is 15.6 Å². The molecule has 344 valence electrons. The van der Waals surface area contributed by atoms with Gasteiger partial charge in [0.2, 0.25) is 17.7 Å². The summed E-state index contributed by atoms with van der Waals surface area (Å²) < 4.78 is 43.4. The molecule has 0 bridgehead atoms. The first kappa shape index (κ1) is 51.7. The fourth-order valence-corrected chi connectivity index (χ4v) is 6.81. The third-order valence-electron chi connectivity index (χ3n) is 9.30. The molecule has 3 atom stereocenters. The van der Waals surface area contributed by atoms with E-state index in [0.717, 1.165) is 21.7 Å². The van der Waals surface area contributed by atoms with Crippen LogP contribution in [0.3, 0.4) is 0 Å². The molecule has 2 aromatic rings. The first-order chi connectivity index (χ1) is 29.4. The maximum atomic E-state index is 13.9. The predicted molar refractivity (Wildman–Crippen MR) is 225 cm³/mol. The molecule has 3 amide bonds. The van der Waals surface area contributed by atoms with E-state index in [-0.39, 0.29) is 58.1 Å². The normalized spacial score (nSPS) is 15.9. The minimum Gasteiger partial charge on any atom is -0.481 e. The molecule has 0 unspecified atom stereocenters. The van der Waals surface area contributed by atoms with Crippen LogP contribution in [0.1, 0.15) is 51.3 Å². The fraction of sp³-hybridized carbons (Fsp3) is 0.690. The number of rotatable bonds is 33. The molecule has 0 aliphatic carbocycles. The van der Waals surface area contributed by atoms with Gasteiger partial charge in [-0.2, -0.15) is 0 Å². The number of benzene rings is 1. The Morgan fingerprint density at radius 1 is 0.754 bits per heavy atom. The topological polar surface area (TPSA) is 223 Å². The summed E-state index contributed by atoms with van der Waals surface area (Å²) in [4.78, 5) is 57.3. The second kappa shape index (κ2) is 29.6. The third kappa shape index (κ3) is 20.9. The van der Waals surface area contributed by atoms with Crippen LogP contribution < -0.4 is 10.6 Å². The number of thiazole rings is 1. The molecule has 2 heterocycles. The van der Waals surface area contributed by atoms with Crippen LogP contribution in [0.4, 0.5) is 0 Å². The number of aliphatic hydroxyl groups excluding tert-OH is 1. The van der Waals surface area contributed by atoms with Gasteiger partial charge in [-0.15, -0.1) is 11.3 Å². The molecule has 1 aliphatic rings. The van der Waals surface area contributed by atoms with Crippen molar-refractivity contribution >= 4 is 35.0 Å². The number of aryl methyl sites for hydroxylation is 1. The number of carbonyl (C=O) groups is 4. The standard InChI is InChI=1S/C42H66N4O14S/c1-31-38(61-30-44-31)33-7-5-32(6-8-33)29-43-40(51)37-34(47)9-12-46(37)41(52)39(42(2,3)4)45-35(48)10-13-53-15-17-55-19-21-57-23-25-59-27-28-60-26-24-58-22-20-56-18-16-54-14-11-36(49)50/h5-8,30,34,37,39,47H,9-29H2,1-4H3,(H,43,51)(H,45,48)(H,49,50)/t34-,37-,39+/m0/s1. The Bertz CT molecular complexity index is 1560. The quantitative estimate of drug-likeness (QED) is 0.0755. The van der Waals surface area contributed by atoms with Crippen LogP contribution in [0, 0.1) is 12.3 Å². The molecule has 61 heavy (non-hydrogen) atoms. The SMILES string of the molecule is Cc1ncsc1-c1ccc(CNC(=O)[C@@H]2[C@@H](O)CCN2C(=O)[C@@H](NC(=O)CCOCCOCCOCCOCCOCCOCCOCCOCCC(=O)O)C(C)(C)C)cc1. The van der Waals surface area contributed by atoms with Crippen molar-refractivity contribution in [1.29, 1.82) is 0 Å². The molecule has 19 heteroatoms. The monoisotopic (exact) mass is 882 g/mol. The Labute approximate surface area is 362 Å². The van der Waals surface area contributed by atoms with Gasteiger partial charge < -0.3 is 63.6 Å². The van der Waals surface area contributed by atoms with Crippen molar-refractivity contribution in [1.82, 2.24) is 20.5 Å². The van der Waals surface area contributed by atoms with Crippen molar-refractivity contribution in [2.75, 3.05) is 112 Å². The number of carbonyl (C=O) groups excluding carboxylic acids is 3. The van der Waals surface area contributed by atoms with Crippen molar-refractivity contribution in [2.45, 2.75) is 71.7 Å². The molecular formula is C42H66N4O14S. The van der Waals surface area contributed by atoms with E-state index in [0.29, 0.717) is 85.9 Å². The second-order valence-electron chi connectivity index (χ2n) is 15.2. The number of aromatic nitrogens is 1. The molecule has 0 radical (unpaired) electrons. The number of aliphatic carboxylic acids is 1. The van der Waals surface area contributed by atoms with Gasteiger partial charge in [0.1, 0.15) is 12.1 Å². The van der Waals surface area contributed by atoms with Gasteiger partial charge in [-0.05, 0) is 29.9 Å². The lowest BCUT2D eigenvalue weighted by molar-refractivity contribution is -0.145. The molecule has 0 spiro atoms. The van der Waals surface area contributed by atoms with Crippen molar-refractivity contribution in [2.24, 2.45) is 5.41 Å². The molecule has 1 fully saturated rings. The van der Waals surface area contributed by atoms with Gasteiger partial charge in [-0.1, -0.05) is 45.0 Å². The first-order valence-electron chi connectivity index (χ1n) is 20.8. The van der Waals surface area contributed by atoms with E-state index in [9.17, 15) is 24.3 Å². The molecule has 18 nitrogen and oxygen atoms in total. The van der Waals surface area contributed by atoms with Gasteiger partial charge in [0.05, 0.1) is 134 Å². The second-order valence-corrected chi connectivity index (χ2v) is 16.0. The summed E-state index contributed by atoms with van der Waals surface area (Å²) >= 11 is 1.57. The summed E-state index contributed by atoms with van der Waals surface area (Å²) in [5.41, 5.74) is 4.02. The zero-order valence-corrected chi connectivity index (χ0v) is 36.9. The van der Waals surface area contributed by atoms with Gasteiger partial charge in [0.25, 0.3) is 0 Å². The van der Waals surface area contributed by atoms with Crippen molar-refractivity contribution in [3.8, 4) is 10.4 Å². The van der Waals surface area contributed by atoms with Crippen LogP contribution in [0.2, 0.25) is 0 Å². The van der Waals surface area contributed by atoms with Crippen molar-refractivity contribution in [3.63, 3.8) is 0 Å². The highest BCUT2D eigenvalue weighted by molar-refractivity contribution is 7.13. The highest BCUT2D eigenvalue weighted by atomic mass is 32.1. The summed E-state index contributed by atoms with van der Waals surface area (Å²) in [6.45, 7) is 13.7. The highest BCUT2D eigenvalue weighted by Crippen LogP contribution is 2.28. The van der Waals surface area contributed by atoms with E-state index in [1.54, 1.807) is 16.8 Å². The van der Waals surface area contributed by atoms with Gasteiger partial charge in [-0.3, -0.25) is 19.2 Å². The van der Waals surface area contributed by atoms with Gasteiger partial charge in [0.15, 0.2) is 0 Å². The zero-order chi connectivity index (χ0) is 44.3. The molecule has 1 aliphatic heterocycles. The number of likely N-dealkylation sites (tertiary alicyclic amines) is 1. The smallest absolute Gasteiger partial charge is 0.305 e. The Balaban J connectivity index is 1.18. The largest absolute Gasteiger partial charge is 0.481 e. The summed E-state index contributed by atoms with van der Waals surface area (Å²) in [5.74, 6) is -2.13. The maximum Gasteiger partial charge on any atom is 0.305 e. The van der Waals surface area contributed by atoms with Crippen LogP contribution in [0.15, 0.2) is 29.8 Å². The molecule has 3 rings (SSSR count). The van der Waals surface area contributed by atoms with Crippen LogP contribution in [0.5, 0.6) is 0 Å². The molecular weight excluding hydrogens is 817 g/mol. The Morgan fingerprint density at radius 2 is 1.21 bits per heavy atom. The molecule has 1 aromatic heterocycles. The van der Waals surface area contributed by atoms with Crippen molar-refractivity contribution in [3.05, 3.63) is 41.0 Å². The van der Waals surface area contributed by atoms with Crippen LogP contribution in [-0.4, -0.2) is 174 Å². The third-order valence-corrected chi connectivity index (χ3v) is 10.3. The number of aliphatic hydroxyl groups is 1. The number of carboxylic acid groups (broad SMARTS) is 1. The zero-order valence-electron chi connectivity index (χ0n) is 36.1. The van der Waals surface area contributed by atoms with Gasteiger partial charge in [0, 0.05) is 19.5 Å². The summed E-state index contributed by atoms with van der Waals surface area (Å²) in [6.07, 6.45) is -0.767. The highest BCUT2D eigenvalue weighted by Gasteiger charge is 2.45. The Hall–Kier alpha value is -3.63. The average molecular weight is 883 g/mol.